The lowest BCUT2D eigenvalue weighted by atomic mass is 10.0. The number of hydrogen-bond acceptors (Lipinski definition) is 2. The van der Waals surface area contributed by atoms with Gasteiger partial charge in [-0.05, 0) is 42.1 Å². The Kier molecular flexibility index (Phi) is 8.49. The van der Waals surface area contributed by atoms with Crippen molar-refractivity contribution in [1.29, 1.82) is 0 Å². The molecule has 18 heavy (non-hydrogen) atoms. The fourth-order valence-electron chi connectivity index (χ4n) is 2.03. The van der Waals surface area contributed by atoms with Gasteiger partial charge in [0.1, 0.15) is 5.69 Å². The molecule has 0 aromatic heterocycles. The summed E-state index contributed by atoms with van der Waals surface area (Å²) in [6, 6.07) is 7.57. The van der Waals surface area contributed by atoms with E-state index in [1.54, 1.807) is 12.1 Å². The maximum Gasteiger partial charge on any atom is 0.108 e. The summed E-state index contributed by atoms with van der Waals surface area (Å²) in [4.78, 5) is 10.3. The number of benzene rings is 1. The average Bonchev–Trinajstić information content (AvgIpc) is 2.42. The van der Waals surface area contributed by atoms with E-state index in [2.05, 4.69) is 5.18 Å². The molecule has 0 atom stereocenters. The van der Waals surface area contributed by atoms with Crippen LogP contribution in [0.25, 0.3) is 0 Å². The second kappa shape index (κ2) is 10.1. The first-order valence-electron chi connectivity index (χ1n) is 6.85. The van der Waals surface area contributed by atoms with Gasteiger partial charge in [-0.15, -0.1) is 16.5 Å². The molecule has 0 bridgehead atoms. The lowest BCUT2D eigenvalue weighted by Crippen LogP contribution is -1.86. The molecule has 0 spiro atoms. The predicted molar refractivity (Wildman–Crippen MR) is 78.6 cm³/mol. The first-order chi connectivity index (χ1) is 8.86. The molecule has 1 aromatic carbocycles. The van der Waals surface area contributed by atoms with Crippen LogP contribution in [0.15, 0.2) is 29.4 Å². The van der Waals surface area contributed by atoms with Crippen molar-refractivity contribution in [3.8, 4) is 0 Å². The van der Waals surface area contributed by atoms with Gasteiger partial charge >= 0.3 is 0 Å². The van der Waals surface area contributed by atoms with Crippen molar-refractivity contribution in [3.05, 3.63) is 34.7 Å². The molecule has 100 valence electrons. The van der Waals surface area contributed by atoms with Crippen molar-refractivity contribution >= 4 is 17.3 Å². The van der Waals surface area contributed by atoms with E-state index in [9.17, 15) is 4.91 Å². The Labute approximate surface area is 115 Å². The highest BCUT2D eigenvalue weighted by Crippen LogP contribution is 2.15. The van der Waals surface area contributed by atoms with Crippen LogP contribution in [0, 0.1) is 4.91 Å². The normalized spacial score (nSPS) is 10.5. The number of nitroso groups, excluding NO2 is 1. The van der Waals surface area contributed by atoms with Crippen molar-refractivity contribution in [3.63, 3.8) is 0 Å². The SMILES string of the molecule is O=Nc1ccc(CCCCCCCCCCl)cc1. The summed E-state index contributed by atoms with van der Waals surface area (Å²) in [6.07, 6.45) is 9.98. The highest BCUT2D eigenvalue weighted by molar-refractivity contribution is 6.17. The molecule has 0 saturated carbocycles. The molecule has 3 heteroatoms. The van der Waals surface area contributed by atoms with Gasteiger partial charge in [-0.2, -0.15) is 0 Å². The highest BCUT2D eigenvalue weighted by Gasteiger charge is 1.96. The van der Waals surface area contributed by atoms with Gasteiger partial charge in [0, 0.05) is 5.88 Å². The minimum atomic E-state index is 0.512. The number of hydrogen-bond donors (Lipinski definition) is 0. The number of nitrogens with zero attached hydrogens (tertiary/aromatic N) is 1. The number of rotatable bonds is 10. The van der Waals surface area contributed by atoms with E-state index in [4.69, 9.17) is 11.6 Å². The fourth-order valence-corrected chi connectivity index (χ4v) is 2.22. The third-order valence-electron chi connectivity index (χ3n) is 3.14. The Morgan fingerprint density at radius 1 is 0.833 bits per heavy atom. The van der Waals surface area contributed by atoms with Crippen LogP contribution in [0.4, 0.5) is 5.69 Å². The van der Waals surface area contributed by atoms with Crippen molar-refractivity contribution < 1.29 is 0 Å². The Morgan fingerprint density at radius 2 is 1.39 bits per heavy atom. The van der Waals surface area contributed by atoms with Crippen LogP contribution in [-0.2, 0) is 6.42 Å². The third kappa shape index (κ3) is 6.75. The second-order valence-electron chi connectivity index (χ2n) is 4.67. The number of alkyl halides is 1. The van der Waals surface area contributed by atoms with E-state index in [-0.39, 0.29) is 0 Å². The molecule has 0 aliphatic heterocycles. The molecule has 0 radical (unpaired) electrons. The summed E-state index contributed by atoms with van der Waals surface area (Å²) in [7, 11) is 0. The number of aryl methyl sites for hydroxylation is 1. The topological polar surface area (TPSA) is 29.4 Å². The maximum atomic E-state index is 10.3. The van der Waals surface area contributed by atoms with E-state index in [1.165, 1.54) is 44.1 Å². The molecule has 0 aliphatic carbocycles. The Morgan fingerprint density at radius 3 is 1.94 bits per heavy atom. The zero-order valence-electron chi connectivity index (χ0n) is 10.9. The second-order valence-corrected chi connectivity index (χ2v) is 5.05. The molecule has 1 aromatic rings. The van der Waals surface area contributed by atoms with Gasteiger partial charge in [-0.3, -0.25) is 0 Å². The molecule has 0 amide bonds. The molecular weight excluding hydrogens is 246 g/mol. The minimum absolute atomic E-state index is 0.512. The number of unbranched alkanes of at least 4 members (excludes halogenated alkanes) is 6. The smallest absolute Gasteiger partial charge is 0.108 e. The molecule has 0 heterocycles. The standard InChI is InChI=1S/C15H22ClNO/c16-13-7-5-3-1-2-4-6-8-14-9-11-15(17-18)12-10-14/h9-12H,1-8,13H2. The van der Waals surface area contributed by atoms with Crippen molar-refractivity contribution in [2.45, 2.75) is 51.4 Å². The van der Waals surface area contributed by atoms with Gasteiger partial charge < -0.3 is 0 Å². The monoisotopic (exact) mass is 267 g/mol. The van der Waals surface area contributed by atoms with E-state index in [0.29, 0.717) is 5.69 Å². The Balaban J connectivity index is 2.01. The zero-order chi connectivity index (χ0) is 13.1. The van der Waals surface area contributed by atoms with Crippen LogP contribution in [0.3, 0.4) is 0 Å². The molecule has 0 unspecified atom stereocenters. The number of halogens is 1. The van der Waals surface area contributed by atoms with Gasteiger partial charge in [0.25, 0.3) is 0 Å². The van der Waals surface area contributed by atoms with Gasteiger partial charge in [0.05, 0.1) is 0 Å². The van der Waals surface area contributed by atoms with Crippen LogP contribution in [0.1, 0.15) is 50.5 Å². The van der Waals surface area contributed by atoms with Crippen LogP contribution in [0.2, 0.25) is 0 Å². The fraction of sp³-hybridized carbons (Fsp3) is 0.600. The minimum Gasteiger partial charge on any atom is -0.145 e. The van der Waals surface area contributed by atoms with Crippen LogP contribution >= 0.6 is 11.6 Å². The van der Waals surface area contributed by atoms with Crippen molar-refractivity contribution in [1.82, 2.24) is 0 Å². The lowest BCUT2D eigenvalue weighted by molar-refractivity contribution is 0.590. The molecule has 0 saturated heterocycles. The van der Waals surface area contributed by atoms with Crippen LogP contribution in [0.5, 0.6) is 0 Å². The molecule has 0 aliphatic rings. The van der Waals surface area contributed by atoms with E-state index in [0.717, 1.165) is 18.7 Å². The zero-order valence-corrected chi connectivity index (χ0v) is 11.7. The summed E-state index contributed by atoms with van der Waals surface area (Å²) < 4.78 is 0. The molecule has 0 N–H and O–H groups in total. The molecule has 0 fully saturated rings. The van der Waals surface area contributed by atoms with E-state index >= 15 is 0 Å². The van der Waals surface area contributed by atoms with Crippen molar-refractivity contribution in [2.24, 2.45) is 5.18 Å². The first-order valence-corrected chi connectivity index (χ1v) is 7.38. The average molecular weight is 268 g/mol. The largest absolute Gasteiger partial charge is 0.145 e. The van der Waals surface area contributed by atoms with Crippen LogP contribution in [-0.4, -0.2) is 5.88 Å². The third-order valence-corrected chi connectivity index (χ3v) is 3.41. The van der Waals surface area contributed by atoms with Crippen molar-refractivity contribution in [2.75, 3.05) is 5.88 Å². The maximum absolute atomic E-state index is 10.3. The van der Waals surface area contributed by atoms with Gasteiger partial charge in [-0.25, -0.2) is 0 Å². The summed E-state index contributed by atoms with van der Waals surface area (Å²) in [5.74, 6) is 0.797. The summed E-state index contributed by atoms with van der Waals surface area (Å²) in [5, 5.41) is 2.90. The van der Waals surface area contributed by atoms with Crippen LogP contribution < -0.4 is 0 Å². The van der Waals surface area contributed by atoms with Gasteiger partial charge in [0.15, 0.2) is 0 Å². The molecule has 1 rings (SSSR count). The first kappa shape index (κ1) is 15.2. The van der Waals surface area contributed by atoms with E-state index in [1.807, 2.05) is 12.1 Å². The molecule has 2 nitrogen and oxygen atoms in total. The summed E-state index contributed by atoms with van der Waals surface area (Å²) in [5.41, 5.74) is 1.81. The molecular formula is C15H22ClNO. The van der Waals surface area contributed by atoms with Gasteiger partial charge in [-0.1, -0.05) is 44.2 Å². The van der Waals surface area contributed by atoms with Gasteiger partial charge in [0.2, 0.25) is 0 Å². The lowest BCUT2D eigenvalue weighted by Gasteiger charge is -2.02. The summed E-state index contributed by atoms with van der Waals surface area (Å²) >= 11 is 5.63. The predicted octanol–water partition coefficient (Wildman–Crippen LogP) is 5.60. The summed E-state index contributed by atoms with van der Waals surface area (Å²) in [6.45, 7) is 0. The Hall–Kier alpha value is -0.890. The van der Waals surface area contributed by atoms with E-state index < -0.39 is 0 Å². The Bertz CT molecular complexity index is 324. The highest BCUT2D eigenvalue weighted by atomic mass is 35.5. The quantitative estimate of drug-likeness (QED) is 0.308.